The maximum Gasteiger partial charge on any atom is 0.195 e. The van der Waals surface area contributed by atoms with Gasteiger partial charge in [-0.1, -0.05) is 40.2 Å². The van der Waals surface area contributed by atoms with Crippen LogP contribution in [0.4, 0.5) is 4.39 Å². The Morgan fingerprint density at radius 3 is 2.37 bits per heavy atom. The van der Waals surface area contributed by atoms with Crippen LogP contribution < -0.4 is 0 Å². The largest absolute Gasteiger partial charge is 0.347 e. The summed E-state index contributed by atoms with van der Waals surface area (Å²) in [6.45, 7) is 4.04. The lowest BCUT2D eigenvalue weighted by molar-refractivity contribution is -0.185. The van der Waals surface area contributed by atoms with Crippen molar-refractivity contribution in [3.05, 3.63) is 69.4 Å². The zero-order valence-corrected chi connectivity index (χ0v) is 16.5. The molecule has 0 amide bonds. The van der Waals surface area contributed by atoms with Gasteiger partial charge in [0.15, 0.2) is 11.6 Å². The second-order valence-electron chi connectivity index (χ2n) is 7.03. The number of hydrogen-bond acceptors (Lipinski definition) is 4. The molecule has 0 aliphatic carbocycles. The fraction of sp³-hybridized carbons (Fsp3) is 0.381. The molecule has 2 heterocycles. The van der Waals surface area contributed by atoms with E-state index in [2.05, 4.69) is 20.8 Å². The van der Waals surface area contributed by atoms with Crippen molar-refractivity contribution in [1.82, 2.24) is 4.90 Å². The number of halogens is 2. The third-order valence-electron chi connectivity index (χ3n) is 5.23. The van der Waals surface area contributed by atoms with Crippen LogP contribution >= 0.6 is 15.9 Å². The van der Waals surface area contributed by atoms with Crippen LogP contribution in [0.15, 0.2) is 46.9 Å². The summed E-state index contributed by atoms with van der Waals surface area (Å²) < 4.78 is 26.2. The highest BCUT2D eigenvalue weighted by Crippen LogP contribution is 2.31. The van der Waals surface area contributed by atoms with Gasteiger partial charge in [-0.3, -0.25) is 9.69 Å². The molecule has 0 bridgehead atoms. The summed E-state index contributed by atoms with van der Waals surface area (Å²) in [5, 5.41) is 0. The third-order valence-corrected chi connectivity index (χ3v) is 5.72. The normalized spacial score (nSPS) is 19.5. The highest BCUT2D eigenvalue weighted by molar-refractivity contribution is 9.10. The number of nitrogens with zero attached hydrogens (tertiary/aromatic N) is 1. The van der Waals surface area contributed by atoms with Crippen LogP contribution in [0.3, 0.4) is 0 Å². The Bertz CT molecular complexity index is 824. The number of benzene rings is 2. The van der Waals surface area contributed by atoms with Crippen molar-refractivity contribution in [2.75, 3.05) is 26.3 Å². The molecular formula is C21H21BrFNO3. The van der Waals surface area contributed by atoms with E-state index in [1.54, 1.807) is 18.2 Å². The second kappa shape index (κ2) is 7.80. The van der Waals surface area contributed by atoms with Crippen LogP contribution in [0.2, 0.25) is 0 Å². The molecule has 2 aromatic rings. The van der Waals surface area contributed by atoms with Crippen LogP contribution in [0, 0.1) is 5.82 Å². The summed E-state index contributed by atoms with van der Waals surface area (Å²) >= 11 is 3.21. The molecule has 0 aromatic heterocycles. The Kier molecular flexibility index (Phi) is 5.41. The Morgan fingerprint density at radius 2 is 1.74 bits per heavy atom. The van der Waals surface area contributed by atoms with E-state index in [0.29, 0.717) is 23.2 Å². The smallest absolute Gasteiger partial charge is 0.195 e. The van der Waals surface area contributed by atoms with E-state index in [9.17, 15) is 9.18 Å². The minimum absolute atomic E-state index is 0.0869. The van der Waals surface area contributed by atoms with Crippen LogP contribution in [0.25, 0.3) is 0 Å². The number of rotatable bonds is 4. The SMILES string of the molecule is O=C(c1ccc(CN2CCC3(CC2)OCCO3)cc1)c1ccc(Br)cc1F. The second-order valence-corrected chi connectivity index (χ2v) is 7.95. The Labute approximate surface area is 166 Å². The summed E-state index contributed by atoms with van der Waals surface area (Å²) in [6.07, 6.45) is 1.76. The van der Waals surface area contributed by atoms with Crippen LogP contribution in [0.1, 0.15) is 34.3 Å². The summed E-state index contributed by atoms with van der Waals surface area (Å²) in [6, 6.07) is 11.9. The number of likely N-dealkylation sites (tertiary alicyclic amines) is 1. The Morgan fingerprint density at radius 1 is 1.07 bits per heavy atom. The predicted molar refractivity (Wildman–Crippen MR) is 103 cm³/mol. The average molecular weight is 434 g/mol. The van der Waals surface area contributed by atoms with Crippen molar-refractivity contribution < 1.29 is 18.7 Å². The standard InChI is InChI=1S/C21H21BrFNO3/c22-17-5-6-18(19(23)13-17)20(25)16-3-1-15(2-4-16)14-24-9-7-21(8-10-24)26-11-12-27-21/h1-6,13H,7-12,14H2. The molecule has 0 radical (unpaired) electrons. The van der Waals surface area contributed by atoms with Crippen LogP contribution in [0.5, 0.6) is 0 Å². The maximum absolute atomic E-state index is 14.0. The summed E-state index contributed by atoms with van der Waals surface area (Å²) in [5.41, 5.74) is 1.71. The van der Waals surface area contributed by atoms with Crippen molar-refractivity contribution in [1.29, 1.82) is 0 Å². The first kappa shape index (κ1) is 18.7. The first-order valence-corrected chi connectivity index (χ1v) is 9.93. The number of hydrogen-bond donors (Lipinski definition) is 0. The van der Waals surface area contributed by atoms with Crippen molar-refractivity contribution in [3.63, 3.8) is 0 Å². The lowest BCUT2D eigenvalue weighted by Crippen LogP contribution is -2.44. The molecule has 142 valence electrons. The molecule has 2 aromatic carbocycles. The van der Waals surface area contributed by atoms with E-state index in [4.69, 9.17) is 9.47 Å². The average Bonchev–Trinajstić information content (AvgIpc) is 3.12. The van der Waals surface area contributed by atoms with E-state index in [1.165, 1.54) is 12.1 Å². The molecule has 2 fully saturated rings. The summed E-state index contributed by atoms with van der Waals surface area (Å²) in [5.74, 6) is -1.18. The predicted octanol–water partition coefficient (Wildman–Crippen LogP) is 4.16. The van der Waals surface area contributed by atoms with Gasteiger partial charge < -0.3 is 9.47 Å². The van der Waals surface area contributed by atoms with E-state index in [0.717, 1.165) is 38.0 Å². The number of piperidine rings is 1. The highest BCUT2D eigenvalue weighted by Gasteiger charge is 2.39. The van der Waals surface area contributed by atoms with Crippen LogP contribution in [-0.4, -0.2) is 42.8 Å². The minimum atomic E-state index is -0.517. The molecule has 0 saturated carbocycles. The van der Waals surface area contributed by atoms with Crippen LogP contribution in [-0.2, 0) is 16.0 Å². The molecule has 27 heavy (non-hydrogen) atoms. The van der Waals surface area contributed by atoms with Gasteiger partial charge in [-0.05, 0) is 23.8 Å². The number of carbonyl (C=O) groups excluding carboxylic acids is 1. The number of carbonyl (C=O) groups is 1. The number of ether oxygens (including phenoxy) is 2. The van der Waals surface area contributed by atoms with Crippen molar-refractivity contribution in [2.24, 2.45) is 0 Å². The first-order valence-electron chi connectivity index (χ1n) is 9.14. The van der Waals surface area contributed by atoms with Gasteiger partial charge in [-0.15, -0.1) is 0 Å². The molecule has 2 aliphatic rings. The monoisotopic (exact) mass is 433 g/mol. The van der Waals surface area contributed by atoms with Gasteiger partial charge in [-0.25, -0.2) is 4.39 Å². The maximum atomic E-state index is 14.0. The molecule has 4 rings (SSSR count). The molecule has 0 N–H and O–H groups in total. The van der Waals surface area contributed by atoms with E-state index >= 15 is 0 Å². The summed E-state index contributed by atoms with van der Waals surface area (Å²) in [7, 11) is 0. The first-order chi connectivity index (χ1) is 13.0. The van der Waals surface area contributed by atoms with E-state index in [-0.39, 0.29) is 17.1 Å². The van der Waals surface area contributed by atoms with Gasteiger partial charge in [0.05, 0.1) is 18.8 Å². The Balaban J connectivity index is 1.38. The molecule has 1 spiro atoms. The topological polar surface area (TPSA) is 38.8 Å². The van der Waals surface area contributed by atoms with Gasteiger partial charge in [-0.2, -0.15) is 0 Å². The van der Waals surface area contributed by atoms with Gasteiger partial charge in [0.1, 0.15) is 5.82 Å². The molecule has 6 heteroatoms. The molecule has 0 unspecified atom stereocenters. The zero-order valence-electron chi connectivity index (χ0n) is 14.9. The van der Waals surface area contributed by atoms with Crippen molar-refractivity contribution in [2.45, 2.75) is 25.2 Å². The molecule has 4 nitrogen and oxygen atoms in total. The molecule has 2 saturated heterocycles. The number of ketones is 1. The van der Waals surface area contributed by atoms with E-state index in [1.807, 2.05) is 12.1 Å². The zero-order chi connectivity index (χ0) is 18.9. The van der Waals surface area contributed by atoms with Crippen molar-refractivity contribution >= 4 is 21.7 Å². The molecule has 2 aliphatic heterocycles. The van der Waals surface area contributed by atoms with Gasteiger partial charge in [0, 0.05) is 42.5 Å². The molecule has 0 atom stereocenters. The fourth-order valence-corrected chi connectivity index (χ4v) is 4.02. The van der Waals surface area contributed by atoms with E-state index < -0.39 is 5.82 Å². The highest BCUT2D eigenvalue weighted by atomic mass is 79.9. The van der Waals surface area contributed by atoms with Gasteiger partial charge in [0.25, 0.3) is 0 Å². The van der Waals surface area contributed by atoms with Gasteiger partial charge >= 0.3 is 0 Å². The van der Waals surface area contributed by atoms with Crippen molar-refractivity contribution in [3.8, 4) is 0 Å². The summed E-state index contributed by atoms with van der Waals surface area (Å²) in [4.78, 5) is 14.9. The minimum Gasteiger partial charge on any atom is -0.347 e. The van der Waals surface area contributed by atoms with Gasteiger partial charge in [0.2, 0.25) is 0 Å². The Hall–Kier alpha value is -1.60. The third kappa shape index (κ3) is 4.14. The quantitative estimate of drug-likeness (QED) is 0.678. The lowest BCUT2D eigenvalue weighted by atomic mass is 10.0. The molecular weight excluding hydrogens is 413 g/mol. The lowest BCUT2D eigenvalue weighted by Gasteiger charge is -2.37. The fourth-order valence-electron chi connectivity index (χ4n) is 3.69.